The van der Waals surface area contributed by atoms with Crippen LogP contribution in [0.2, 0.25) is 5.02 Å². The fourth-order valence-electron chi connectivity index (χ4n) is 0.955. The summed E-state index contributed by atoms with van der Waals surface area (Å²) in [6, 6.07) is 3.45. The molecule has 0 aliphatic rings. The molecule has 0 radical (unpaired) electrons. The van der Waals surface area contributed by atoms with Crippen LogP contribution in [0, 0.1) is 5.82 Å². The summed E-state index contributed by atoms with van der Waals surface area (Å²) >= 11 is 5.49. The summed E-state index contributed by atoms with van der Waals surface area (Å²) in [5.74, 6) is -0.836. The lowest BCUT2D eigenvalue weighted by Crippen LogP contribution is -2.11. The SMILES string of the molecule is CCOP(=O)(O)c1ccc(Cl)cc1F. The van der Waals surface area contributed by atoms with Gasteiger partial charge in [-0.3, -0.25) is 4.57 Å². The summed E-state index contributed by atoms with van der Waals surface area (Å²) in [6.45, 7) is 1.59. The standard InChI is InChI=1S/C8H9ClFO3P/c1-2-13-14(11,12)8-4-3-6(9)5-7(8)10/h3-5H,2H2,1H3,(H,11,12). The third-order valence-corrected chi connectivity index (χ3v) is 3.33. The number of hydrogen-bond donors (Lipinski definition) is 1. The van der Waals surface area contributed by atoms with Crippen molar-refractivity contribution >= 4 is 24.5 Å². The van der Waals surface area contributed by atoms with Crippen LogP contribution in [-0.2, 0) is 9.09 Å². The van der Waals surface area contributed by atoms with Gasteiger partial charge in [0.15, 0.2) is 0 Å². The van der Waals surface area contributed by atoms with E-state index in [1.807, 2.05) is 0 Å². The highest BCUT2D eigenvalue weighted by atomic mass is 35.5. The van der Waals surface area contributed by atoms with Crippen LogP contribution in [0.4, 0.5) is 4.39 Å². The van der Waals surface area contributed by atoms with E-state index in [0.29, 0.717) is 0 Å². The molecule has 0 heterocycles. The van der Waals surface area contributed by atoms with Gasteiger partial charge in [0, 0.05) is 5.02 Å². The Labute approximate surface area is 86.0 Å². The van der Waals surface area contributed by atoms with Crippen LogP contribution in [-0.4, -0.2) is 11.5 Å². The molecule has 0 saturated heterocycles. The molecule has 3 nitrogen and oxygen atoms in total. The van der Waals surface area contributed by atoms with Crippen molar-refractivity contribution in [1.29, 1.82) is 0 Å². The van der Waals surface area contributed by atoms with E-state index >= 15 is 0 Å². The van der Waals surface area contributed by atoms with E-state index in [9.17, 15) is 13.8 Å². The first-order valence-corrected chi connectivity index (χ1v) is 5.86. The van der Waals surface area contributed by atoms with Crippen molar-refractivity contribution in [2.45, 2.75) is 6.92 Å². The molecule has 0 aliphatic heterocycles. The molecular formula is C8H9ClFO3P. The van der Waals surface area contributed by atoms with E-state index in [1.165, 1.54) is 6.07 Å². The van der Waals surface area contributed by atoms with E-state index in [4.69, 9.17) is 11.6 Å². The fourth-order valence-corrected chi connectivity index (χ4v) is 2.20. The van der Waals surface area contributed by atoms with Crippen LogP contribution in [0.25, 0.3) is 0 Å². The van der Waals surface area contributed by atoms with Crippen molar-refractivity contribution in [3.63, 3.8) is 0 Å². The predicted molar refractivity (Wildman–Crippen MR) is 52.5 cm³/mol. The Morgan fingerprint density at radius 2 is 2.29 bits per heavy atom. The fraction of sp³-hybridized carbons (Fsp3) is 0.250. The van der Waals surface area contributed by atoms with Crippen LogP contribution in [0.15, 0.2) is 18.2 Å². The van der Waals surface area contributed by atoms with Gasteiger partial charge in [0.1, 0.15) is 5.82 Å². The Kier molecular flexibility index (Phi) is 3.67. The molecule has 78 valence electrons. The van der Waals surface area contributed by atoms with Gasteiger partial charge in [-0.15, -0.1) is 0 Å². The maximum absolute atomic E-state index is 13.2. The highest BCUT2D eigenvalue weighted by Gasteiger charge is 2.25. The zero-order valence-electron chi connectivity index (χ0n) is 7.41. The molecule has 1 unspecified atom stereocenters. The third-order valence-electron chi connectivity index (χ3n) is 1.52. The molecule has 0 aliphatic carbocycles. The van der Waals surface area contributed by atoms with Gasteiger partial charge in [0.05, 0.1) is 11.9 Å². The van der Waals surface area contributed by atoms with Crippen LogP contribution in [0.5, 0.6) is 0 Å². The summed E-state index contributed by atoms with van der Waals surface area (Å²) in [5, 5.41) is -0.188. The maximum atomic E-state index is 13.2. The molecule has 1 N–H and O–H groups in total. The average Bonchev–Trinajstić information content (AvgIpc) is 2.02. The zero-order valence-corrected chi connectivity index (χ0v) is 9.06. The quantitative estimate of drug-likeness (QED) is 0.822. The Morgan fingerprint density at radius 3 is 2.79 bits per heavy atom. The number of benzene rings is 1. The molecule has 0 amide bonds. The van der Waals surface area contributed by atoms with Crippen molar-refractivity contribution in [1.82, 2.24) is 0 Å². The minimum absolute atomic E-state index is 0.0375. The van der Waals surface area contributed by atoms with E-state index in [2.05, 4.69) is 4.52 Å². The number of hydrogen-bond acceptors (Lipinski definition) is 2. The van der Waals surface area contributed by atoms with Gasteiger partial charge in [-0.05, 0) is 25.1 Å². The van der Waals surface area contributed by atoms with Gasteiger partial charge < -0.3 is 9.42 Å². The maximum Gasteiger partial charge on any atom is 0.361 e. The minimum atomic E-state index is -4.04. The zero-order chi connectivity index (χ0) is 10.8. The monoisotopic (exact) mass is 238 g/mol. The first-order chi connectivity index (χ1) is 6.47. The number of rotatable bonds is 3. The third kappa shape index (κ3) is 2.55. The van der Waals surface area contributed by atoms with Crippen molar-refractivity contribution < 1.29 is 18.4 Å². The lowest BCUT2D eigenvalue weighted by molar-refractivity contribution is 0.283. The Morgan fingerprint density at radius 1 is 1.64 bits per heavy atom. The first-order valence-electron chi connectivity index (χ1n) is 3.90. The largest absolute Gasteiger partial charge is 0.361 e. The topological polar surface area (TPSA) is 46.5 Å². The second kappa shape index (κ2) is 4.41. The molecule has 6 heteroatoms. The van der Waals surface area contributed by atoms with Crippen LogP contribution < -0.4 is 5.30 Å². The molecular weight excluding hydrogens is 230 g/mol. The summed E-state index contributed by atoms with van der Waals surface area (Å²) < 4.78 is 29.1. The molecule has 1 aromatic carbocycles. The summed E-state index contributed by atoms with van der Waals surface area (Å²) in [7, 11) is -4.04. The van der Waals surface area contributed by atoms with Gasteiger partial charge in [-0.1, -0.05) is 11.6 Å². The predicted octanol–water partition coefficient (Wildman–Crippen LogP) is 2.33. The Balaban J connectivity index is 3.13. The van der Waals surface area contributed by atoms with E-state index in [1.54, 1.807) is 6.92 Å². The molecule has 0 spiro atoms. The van der Waals surface area contributed by atoms with Crippen LogP contribution in [0.1, 0.15) is 6.92 Å². The molecule has 1 rings (SSSR count). The molecule has 1 aromatic rings. The lowest BCUT2D eigenvalue weighted by atomic mass is 10.3. The van der Waals surface area contributed by atoms with Gasteiger partial charge in [-0.25, -0.2) is 4.39 Å². The van der Waals surface area contributed by atoms with Crippen molar-refractivity contribution in [3.05, 3.63) is 29.0 Å². The van der Waals surface area contributed by atoms with Gasteiger partial charge in [-0.2, -0.15) is 0 Å². The molecule has 0 saturated carbocycles. The van der Waals surface area contributed by atoms with Crippen LogP contribution in [0.3, 0.4) is 0 Å². The van der Waals surface area contributed by atoms with E-state index in [0.717, 1.165) is 12.1 Å². The Hall–Kier alpha value is -0.410. The van der Waals surface area contributed by atoms with Crippen molar-refractivity contribution in [3.8, 4) is 0 Å². The normalized spacial score (nSPS) is 15.1. The average molecular weight is 239 g/mol. The molecule has 14 heavy (non-hydrogen) atoms. The van der Waals surface area contributed by atoms with Crippen molar-refractivity contribution in [2.75, 3.05) is 6.61 Å². The summed E-state index contributed by atoms with van der Waals surface area (Å²) in [6.07, 6.45) is 0. The Bertz CT molecular complexity index is 383. The van der Waals surface area contributed by atoms with E-state index < -0.39 is 13.4 Å². The lowest BCUT2D eigenvalue weighted by Gasteiger charge is -2.11. The molecule has 0 bridgehead atoms. The number of halogens is 2. The van der Waals surface area contributed by atoms with Gasteiger partial charge >= 0.3 is 7.60 Å². The molecule has 0 fully saturated rings. The molecule has 1 atom stereocenters. The first kappa shape index (κ1) is 11.7. The highest BCUT2D eigenvalue weighted by Crippen LogP contribution is 2.41. The van der Waals surface area contributed by atoms with Gasteiger partial charge in [0.25, 0.3) is 0 Å². The van der Waals surface area contributed by atoms with Crippen molar-refractivity contribution in [2.24, 2.45) is 0 Å². The molecule has 0 aromatic heterocycles. The van der Waals surface area contributed by atoms with E-state index in [-0.39, 0.29) is 16.9 Å². The minimum Gasteiger partial charge on any atom is -0.321 e. The van der Waals surface area contributed by atoms with Crippen LogP contribution >= 0.6 is 19.2 Å². The highest BCUT2D eigenvalue weighted by molar-refractivity contribution is 7.61. The summed E-state index contributed by atoms with van der Waals surface area (Å²) in [5.41, 5.74) is 0. The van der Waals surface area contributed by atoms with Gasteiger partial charge in [0.2, 0.25) is 0 Å². The summed E-state index contributed by atoms with van der Waals surface area (Å²) in [4.78, 5) is 9.31. The second-order valence-corrected chi connectivity index (χ2v) is 4.75. The smallest absolute Gasteiger partial charge is 0.321 e. The second-order valence-electron chi connectivity index (χ2n) is 2.53.